The maximum Gasteiger partial charge on any atom is 0.317 e. The molecule has 2 aliphatic rings. The van der Waals surface area contributed by atoms with Gasteiger partial charge in [-0.25, -0.2) is 4.79 Å². The average Bonchev–Trinajstić information content (AvgIpc) is 3.31. The van der Waals surface area contributed by atoms with Gasteiger partial charge in [-0.15, -0.1) is 0 Å². The summed E-state index contributed by atoms with van der Waals surface area (Å²) in [6.45, 7) is 3.26. The normalized spacial score (nSPS) is 20.0. The highest BCUT2D eigenvalue weighted by Gasteiger charge is 2.46. The van der Waals surface area contributed by atoms with E-state index in [4.69, 9.17) is 9.47 Å². The van der Waals surface area contributed by atoms with Crippen LogP contribution in [0, 0.1) is 5.41 Å². The third kappa shape index (κ3) is 3.26. The molecule has 1 aliphatic carbocycles. The molecule has 1 aromatic heterocycles. The summed E-state index contributed by atoms with van der Waals surface area (Å²) >= 11 is 0. The molecule has 2 heterocycles. The number of methoxy groups -OCH3 is 1. The Morgan fingerprint density at radius 2 is 2.43 bits per heavy atom. The second-order valence-corrected chi connectivity index (χ2v) is 5.82. The number of hydrogen-bond donors (Lipinski definition) is 1. The molecule has 0 aromatic carbocycles. The van der Waals surface area contributed by atoms with E-state index < -0.39 is 0 Å². The first-order valence-electron chi connectivity index (χ1n) is 7.30. The minimum Gasteiger partial charge on any atom is -0.496 e. The number of rotatable bonds is 3. The second kappa shape index (κ2) is 5.89. The summed E-state index contributed by atoms with van der Waals surface area (Å²) in [5.41, 5.74) is 1.10. The van der Waals surface area contributed by atoms with Crippen molar-refractivity contribution in [1.29, 1.82) is 0 Å². The van der Waals surface area contributed by atoms with Gasteiger partial charge in [-0.1, -0.05) is 0 Å². The van der Waals surface area contributed by atoms with Crippen molar-refractivity contribution in [2.75, 3.05) is 33.4 Å². The Morgan fingerprint density at radius 1 is 1.57 bits per heavy atom. The standard InChI is InChI=1S/C15H21N3O3/c1-20-13-2-5-16-8-12(13)9-17-14(19)18-6-7-21-11-15(10-18)3-4-15/h2,5,8H,3-4,6-7,9-11H2,1H3,(H,17,19). The Kier molecular flexibility index (Phi) is 3.96. The molecule has 1 spiro atoms. The van der Waals surface area contributed by atoms with Gasteiger partial charge in [0.25, 0.3) is 0 Å². The number of nitrogens with zero attached hydrogens (tertiary/aromatic N) is 2. The van der Waals surface area contributed by atoms with Gasteiger partial charge < -0.3 is 19.7 Å². The summed E-state index contributed by atoms with van der Waals surface area (Å²) in [5, 5.41) is 2.95. The van der Waals surface area contributed by atoms with Crippen LogP contribution in [0.5, 0.6) is 5.75 Å². The minimum atomic E-state index is -0.0438. The van der Waals surface area contributed by atoms with Crippen molar-refractivity contribution in [3.63, 3.8) is 0 Å². The Hall–Kier alpha value is -1.82. The molecule has 2 fully saturated rings. The summed E-state index contributed by atoms with van der Waals surface area (Å²) < 4.78 is 10.9. The molecule has 1 saturated carbocycles. The van der Waals surface area contributed by atoms with Gasteiger partial charge in [0, 0.05) is 43.0 Å². The highest BCUT2D eigenvalue weighted by atomic mass is 16.5. The lowest BCUT2D eigenvalue weighted by Crippen LogP contribution is -2.43. The molecular weight excluding hydrogens is 270 g/mol. The van der Waals surface area contributed by atoms with Crippen LogP contribution in [0.4, 0.5) is 4.79 Å². The van der Waals surface area contributed by atoms with E-state index in [-0.39, 0.29) is 11.4 Å². The van der Waals surface area contributed by atoms with E-state index in [1.165, 1.54) is 0 Å². The number of urea groups is 1. The van der Waals surface area contributed by atoms with Crippen LogP contribution in [-0.2, 0) is 11.3 Å². The average molecular weight is 291 g/mol. The topological polar surface area (TPSA) is 63.7 Å². The molecule has 3 rings (SSSR count). The summed E-state index contributed by atoms with van der Waals surface area (Å²) in [4.78, 5) is 18.3. The van der Waals surface area contributed by atoms with Crippen molar-refractivity contribution in [3.05, 3.63) is 24.0 Å². The van der Waals surface area contributed by atoms with E-state index in [1.807, 2.05) is 4.90 Å². The molecule has 2 amide bonds. The maximum atomic E-state index is 12.3. The summed E-state index contributed by atoms with van der Waals surface area (Å²) in [5.74, 6) is 0.739. The highest BCUT2D eigenvalue weighted by molar-refractivity contribution is 5.74. The van der Waals surface area contributed by atoms with Crippen LogP contribution in [0.2, 0.25) is 0 Å². The van der Waals surface area contributed by atoms with E-state index in [9.17, 15) is 4.79 Å². The van der Waals surface area contributed by atoms with Crippen LogP contribution in [-0.4, -0.2) is 49.3 Å². The van der Waals surface area contributed by atoms with Crippen molar-refractivity contribution in [1.82, 2.24) is 15.2 Å². The SMILES string of the molecule is COc1ccncc1CNC(=O)N1CCOCC2(CC2)C1. The van der Waals surface area contributed by atoms with Gasteiger partial charge in [0.2, 0.25) is 0 Å². The highest BCUT2D eigenvalue weighted by Crippen LogP contribution is 2.47. The third-order valence-corrected chi connectivity index (χ3v) is 4.19. The summed E-state index contributed by atoms with van der Waals surface area (Å²) in [6, 6.07) is 1.75. The van der Waals surface area contributed by atoms with Gasteiger partial charge in [-0.05, 0) is 18.9 Å². The molecule has 0 bridgehead atoms. The van der Waals surface area contributed by atoms with Crippen molar-refractivity contribution in [2.45, 2.75) is 19.4 Å². The maximum absolute atomic E-state index is 12.3. The van der Waals surface area contributed by atoms with Crippen LogP contribution in [0.15, 0.2) is 18.5 Å². The van der Waals surface area contributed by atoms with Gasteiger partial charge in [0.05, 0.1) is 20.3 Å². The van der Waals surface area contributed by atoms with Gasteiger partial charge >= 0.3 is 6.03 Å². The van der Waals surface area contributed by atoms with E-state index in [1.54, 1.807) is 25.6 Å². The van der Waals surface area contributed by atoms with Crippen LogP contribution >= 0.6 is 0 Å². The van der Waals surface area contributed by atoms with Gasteiger partial charge in [-0.3, -0.25) is 4.98 Å². The number of ether oxygens (including phenoxy) is 2. The molecule has 0 unspecified atom stereocenters. The molecule has 6 heteroatoms. The lowest BCUT2D eigenvalue weighted by Gasteiger charge is -2.23. The first-order chi connectivity index (χ1) is 10.2. The lowest BCUT2D eigenvalue weighted by atomic mass is 10.1. The minimum absolute atomic E-state index is 0.0438. The molecule has 114 valence electrons. The first kappa shape index (κ1) is 14.1. The van der Waals surface area contributed by atoms with E-state index in [2.05, 4.69) is 10.3 Å². The van der Waals surface area contributed by atoms with Gasteiger partial charge in [0.1, 0.15) is 5.75 Å². The number of nitrogens with one attached hydrogen (secondary N) is 1. The Morgan fingerprint density at radius 3 is 3.19 bits per heavy atom. The third-order valence-electron chi connectivity index (χ3n) is 4.19. The molecule has 6 nitrogen and oxygen atoms in total. The van der Waals surface area contributed by atoms with E-state index in [0.29, 0.717) is 19.7 Å². The summed E-state index contributed by atoms with van der Waals surface area (Å²) in [6.07, 6.45) is 5.71. The van der Waals surface area contributed by atoms with Gasteiger partial charge in [0.15, 0.2) is 0 Å². The molecule has 1 aromatic rings. The molecule has 1 saturated heterocycles. The summed E-state index contributed by atoms with van der Waals surface area (Å²) in [7, 11) is 1.61. The fourth-order valence-corrected chi connectivity index (χ4v) is 2.67. The number of hydrogen-bond acceptors (Lipinski definition) is 4. The van der Waals surface area contributed by atoms with Crippen molar-refractivity contribution in [3.8, 4) is 5.75 Å². The quantitative estimate of drug-likeness (QED) is 0.914. The predicted octanol–water partition coefficient (Wildman–Crippen LogP) is 1.41. The smallest absolute Gasteiger partial charge is 0.317 e. The number of pyridine rings is 1. The number of aromatic nitrogens is 1. The van der Waals surface area contributed by atoms with Crippen LogP contribution < -0.4 is 10.1 Å². The number of amides is 2. The fourth-order valence-electron chi connectivity index (χ4n) is 2.67. The zero-order chi connectivity index (χ0) is 14.7. The Labute approximate surface area is 124 Å². The number of carbonyl (C=O) groups excluding carboxylic acids is 1. The van der Waals surface area contributed by atoms with Crippen molar-refractivity contribution >= 4 is 6.03 Å². The monoisotopic (exact) mass is 291 g/mol. The van der Waals surface area contributed by atoms with Crippen LogP contribution in [0.3, 0.4) is 0 Å². The molecular formula is C15H21N3O3. The van der Waals surface area contributed by atoms with Crippen LogP contribution in [0.25, 0.3) is 0 Å². The number of carbonyl (C=O) groups is 1. The van der Waals surface area contributed by atoms with Crippen molar-refractivity contribution < 1.29 is 14.3 Å². The Balaban J connectivity index is 1.58. The molecule has 21 heavy (non-hydrogen) atoms. The van der Waals surface area contributed by atoms with E-state index >= 15 is 0 Å². The molecule has 0 atom stereocenters. The van der Waals surface area contributed by atoms with E-state index in [0.717, 1.165) is 37.3 Å². The molecule has 1 N–H and O–H groups in total. The zero-order valence-electron chi connectivity index (χ0n) is 12.3. The lowest BCUT2D eigenvalue weighted by molar-refractivity contribution is 0.115. The van der Waals surface area contributed by atoms with Gasteiger partial charge in [-0.2, -0.15) is 0 Å². The largest absolute Gasteiger partial charge is 0.496 e. The zero-order valence-corrected chi connectivity index (χ0v) is 12.3. The van der Waals surface area contributed by atoms with Crippen molar-refractivity contribution in [2.24, 2.45) is 5.41 Å². The second-order valence-electron chi connectivity index (χ2n) is 5.82. The predicted molar refractivity (Wildman–Crippen MR) is 77.1 cm³/mol. The Bertz CT molecular complexity index is 517. The molecule has 1 aliphatic heterocycles. The fraction of sp³-hybridized carbons (Fsp3) is 0.600. The molecule has 0 radical (unpaired) electrons. The first-order valence-corrected chi connectivity index (χ1v) is 7.30. The van der Waals surface area contributed by atoms with Crippen LogP contribution in [0.1, 0.15) is 18.4 Å².